The summed E-state index contributed by atoms with van der Waals surface area (Å²) in [5, 5.41) is 3.28. The highest BCUT2D eigenvalue weighted by Crippen LogP contribution is 2.31. The van der Waals surface area contributed by atoms with E-state index in [-0.39, 0.29) is 25.2 Å². The summed E-state index contributed by atoms with van der Waals surface area (Å²) in [6.07, 6.45) is -0.914. The molecule has 0 radical (unpaired) electrons. The van der Waals surface area contributed by atoms with Crippen LogP contribution in [0.3, 0.4) is 0 Å². The highest BCUT2D eigenvalue weighted by Gasteiger charge is 2.29. The van der Waals surface area contributed by atoms with E-state index in [0.717, 1.165) is 0 Å². The minimum absolute atomic E-state index is 0.0610. The fourth-order valence-electron chi connectivity index (χ4n) is 2.85. The fourth-order valence-corrected chi connectivity index (χ4v) is 3.09. The number of alkyl halides is 1. The number of nitrogens with one attached hydrogen (secondary N) is 1. The van der Waals surface area contributed by atoms with Gasteiger partial charge in [-0.05, 0) is 11.6 Å². The second-order valence-electron chi connectivity index (χ2n) is 5.70. The molecule has 1 unspecified atom stereocenters. The van der Waals surface area contributed by atoms with Crippen LogP contribution in [0.2, 0.25) is 5.02 Å². The summed E-state index contributed by atoms with van der Waals surface area (Å²) in [7, 11) is 0. The number of hydrogen-bond donors (Lipinski definition) is 1. The van der Waals surface area contributed by atoms with Crippen LogP contribution in [0.1, 0.15) is 12.0 Å². The molecular weight excluding hydrogens is 320 g/mol. The Balaban J connectivity index is 1.86. The van der Waals surface area contributed by atoms with Gasteiger partial charge in [0.05, 0.1) is 6.04 Å². The lowest BCUT2D eigenvalue weighted by Crippen LogP contribution is -2.32. The van der Waals surface area contributed by atoms with Crippen molar-refractivity contribution in [3.63, 3.8) is 0 Å². The SMILES string of the molecule is O=C(Cc1cccc(-c2ccccc2Cl)c1F)C1C[C@@H](F)CN1. The molecule has 1 aliphatic heterocycles. The van der Waals surface area contributed by atoms with Crippen molar-refractivity contribution in [2.45, 2.75) is 25.1 Å². The van der Waals surface area contributed by atoms with Crippen molar-refractivity contribution in [2.75, 3.05) is 6.54 Å². The number of hydrogen-bond acceptors (Lipinski definition) is 2. The molecule has 0 spiro atoms. The predicted molar refractivity (Wildman–Crippen MR) is 86.9 cm³/mol. The lowest BCUT2D eigenvalue weighted by Gasteiger charge is -2.12. The normalized spacial score (nSPS) is 20.7. The molecule has 1 heterocycles. The summed E-state index contributed by atoms with van der Waals surface area (Å²) >= 11 is 6.12. The Morgan fingerprint density at radius 2 is 1.91 bits per heavy atom. The zero-order valence-electron chi connectivity index (χ0n) is 12.4. The first-order chi connectivity index (χ1) is 11.1. The highest BCUT2D eigenvalue weighted by atomic mass is 35.5. The first kappa shape index (κ1) is 16.1. The van der Waals surface area contributed by atoms with Crippen molar-refractivity contribution >= 4 is 17.4 Å². The standard InChI is InChI=1S/C18H16ClF2NO/c19-15-7-2-1-5-13(15)14-6-3-4-11(18(14)21)8-17(23)16-9-12(20)10-22-16/h1-7,12,16,22H,8-10H2/t12-,16?/m1/s1. The Labute approximate surface area is 138 Å². The number of carbonyl (C=O) groups is 1. The topological polar surface area (TPSA) is 29.1 Å². The molecule has 23 heavy (non-hydrogen) atoms. The van der Waals surface area contributed by atoms with Gasteiger partial charge in [-0.3, -0.25) is 4.79 Å². The maximum absolute atomic E-state index is 14.8. The van der Waals surface area contributed by atoms with E-state index in [4.69, 9.17) is 11.6 Å². The Kier molecular flexibility index (Phi) is 4.74. The third kappa shape index (κ3) is 3.43. The van der Waals surface area contributed by atoms with E-state index >= 15 is 0 Å². The molecule has 5 heteroatoms. The van der Waals surface area contributed by atoms with Crippen LogP contribution in [0, 0.1) is 5.82 Å². The molecule has 1 saturated heterocycles. The van der Waals surface area contributed by atoms with Crippen molar-refractivity contribution in [3.8, 4) is 11.1 Å². The molecule has 0 saturated carbocycles. The number of carbonyl (C=O) groups excluding carboxylic acids is 1. The van der Waals surface area contributed by atoms with Crippen LogP contribution >= 0.6 is 11.6 Å². The molecule has 2 atom stereocenters. The summed E-state index contributed by atoms with van der Waals surface area (Å²) in [5.74, 6) is -0.649. The Morgan fingerprint density at radius 1 is 1.17 bits per heavy atom. The van der Waals surface area contributed by atoms with Crippen LogP contribution in [0.15, 0.2) is 42.5 Å². The van der Waals surface area contributed by atoms with E-state index in [0.29, 0.717) is 21.7 Å². The Hall–Kier alpha value is -1.78. The van der Waals surface area contributed by atoms with Gasteiger partial charge >= 0.3 is 0 Å². The molecule has 3 rings (SSSR count). The van der Waals surface area contributed by atoms with Gasteiger partial charge in [0, 0.05) is 35.5 Å². The zero-order chi connectivity index (χ0) is 16.4. The van der Waals surface area contributed by atoms with Gasteiger partial charge in [-0.25, -0.2) is 8.78 Å². The van der Waals surface area contributed by atoms with Crippen LogP contribution in [0.25, 0.3) is 11.1 Å². The molecule has 0 amide bonds. The van der Waals surface area contributed by atoms with Gasteiger partial charge in [0.15, 0.2) is 5.78 Å². The number of rotatable bonds is 4. The van der Waals surface area contributed by atoms with Crippen molar-refractivity contribution < 1.29 is 13.6 Å². The first-order valence-corrected chi connectivity index (χ1v) is 7.86. The summed E-state index contributed by atoms with van der Waals surface area (Å²) in [5.41, 5.74) is 1.25. The molecule has 2 aromatic rings. The number of ketones is 1. The summed E-state index contributed by atoms with van der Waals surface area (Å²) in [4.78, 5) is 12.2. The lowest BCUT2D eigenvalue weighted by molar-refractivity contribution is -0.120. The molecule has 2 aromatic carbocycles. The minimum atomic E-state index is -1.01. The molecule has 1 N–H and O–H groups in total. The Bertz CT molecular complexity index is 735. The second-order valence-corrected chi connectivity index (χ2v) is 6.10. The summed E-state index contributed by atoms with van der Waals surface area (Å²) < 4.78 is 27.9. The molecule has 0 aromatic heterocycles. The maximum atomic E-state index is 14.8. The van der Waals surface area contributed by atoms with Gasteiger partial charge in [-0.15, -0.1) is 0 Å². The van der Waals surface area contributed by atoms with Gasteiger partial charge in [0.2, 0.25) is 0 Å². The largest absolute Gasteiger partial charge is 0.304 e. The van der Waals surface area contributed by atoms with Crippen LogP contribution in [0.4, 0.5) is 8.78 Å². The third-order valence-corrected chi connectivity index (χ3v) is 4.40. The maximum Gasteiger partial charge on any atom is 0.154 e. The number of benzene rings is 2. The van der Waals surface area contributed by atoms with Gasteiger partial charge in [-0.2, -0.15) is 0 Å². The average molecular weight is 336 g/mol. The third-order valence-electron chi connectivity index (χ3n) is 4.07. The molecule has 2 nitrogen and oxygen atoms in total. The molecule has 0 aliphatic carbocycles. The van der Waals surface area contributed by atoms with E-state index < -0.39 is 18.0 Å². The molecule has 0 bridgehead atoms. The summed E-state index contributed by atoms with van der Waals surface area (Å²) in [6, 6.07) is 11.4. The van der Waals surface area contributed by atoms with Crippen LogP contribution in [0.5, 0.6) is 0 Å². The fraction of sp³-hybridized carbons (Fsp3) is 0.278. The number of Topliss-reactive ketones (excluding diaryl/α,β-unsaturated/α-hetero) is 1. The van der Waals surface area contributed by atoms with Crippen molar-refractivity contribution in [1.82, 2.24) is 5.32 Å². The zero-order valence-corrected chi connectivity index (χ0v) is 13.1. The average Bonchev–Trinajstić information content (AvgIpc) is 2.97. The van der Waals surface area contributed by atoms with Crippen molar-refractivity contribution in [2.24, 2.45) is 0 Å². The summed E-state index contributed by atoms with van der Waals surface area (Å²) in [6.45, 7) is 0.179. The van der Waals surface area contributed by atoms with Gasteiger partial charge in [0.1, 0.15) is 12.0 Å². The van der Waals surface area contributed by atoms with Gasteiger partial charge < -0.3 is 5.32 Å². The lowest BCUT2D eigenvalue weighted by atomic mass is 9.97. The molecule has 1 aliphatic rings. The smallest absolute Gasteiger partial charge is 0.154 e. The van der Waals surface area contributed by atoms with Crippen molar-refractivity contribution in [3.05, 3.63) is 58.9 Å². The van der Waals surface area contributed by atoms with Crippen LogP contribution < -0.4 is 5.32 Å². The minimum Gasteiger partial charge on any atom is -0.304 e. The predicted octanol–water partition coefficient (Wildman–Crippen LogP) is 3.96. The molecule has 120 valence electrons. The van der Waals surface area contributed by atoms with Crippen LogP contribution in [-0.4, -0.2) is 24.5 Å². The second kappa shape index (κ2) is 6.77. The quantitative estimate of drug-likeness (QED) is 0.916. The monoisotopic (exact) mass is 335 g/mol. The Morgan fingerprint density at radius 3 is 2.61 bits per heavy atom. The van der Waals surface area contributed by atoms with Gasteiger partial charge in [-0.1, -0.05) is 48.0 Å². The van der Waals surface area contributed by atoms with Gasteiger partial charge in [0.25, 0.3) is 0 Å². The number of halogens is 3. The van der Waals surface area contributed by atoms with E-state index in [2.05, 4.69) is 5.32 Å². The van der Waals surface area contributed by atoms with Crippen molar-refractivity contribution in [1.29, 1.82) is 0 Å². The van der Waals surface area contributed by atoms with E-state index in [1.54, 1.807) is 42.5 Å². The van der Waals surface area contributed by atoms with Crippen LogP contribution in [-0.2, 0) is 11.2 Å². The highest BCUT2D eigenvalue weighted by molar-refractivity contribution is 6.33. The first-order valence-electron chi connectivity index (χ1n) is 7.48. The molecular formula is C18H16ClF2NO. The van der Waals surface area contributed by atoms with E-state index in [1.165, 1.54) is 0 Å². The van der Waals surface area contributed by atoms with E-state index in [1.807, 2.05) is 0 Å². The van der Waals surface area contributed by atoms with E-state index in [9.17, 15) is 13.6 Å². The molecule has 1 fully saturated rings.